The van der Waals surface area contributed by atoms with Gasteiger partial charge in [0, 0.05) is 16.7 Å². The zero-order valence-corrected chi connectivity index (χ0v) is 10.8. The molecule has 0 aromatic carbocycles. The molecule has 0 bridgehead atoms. The summed E-state index contributed by atoms with van der Waals surface area (Å²) in [6.45, 7) is 0.613. The Labute approximate surface area is 117 Å². The lowest BCUT2D eigenvalue weighted by molar-refractivity contribution is -0.105. The standard InChI is InChI=1S/C17H13NO2/c19-10-13-7-6-11-3-1-5-14-15(16(11)18-13)9-12-4-2-8-20-17(12)14/h1-2,4-7,9-10,18H,3,8H2. The first-order chi connectivity index (χ1) is 9.86. The van der Waals surface area contributed by atoms with Crippen LogP contribution in [0.25, 0.3) is 0 Å². The molecule has 0 aromatic rings. The van der Waals surface area contributed by atoms with Gasteiger partial charge in [0.05, 0.1) is 11.4 Å². The molecule has 20 heavy (non-hydrogen) atoms. The fraction of sp³-hybridized carbons (Fsp3) is 0.118. The Balaban J connectivity index is 1.93. The number of carbonyl (C=O) groups excluding carboxylic acids is 1. The minimum absolute atomic E-state index is 0.590. The number of hydrogen-bond acceptors (Lipinski definition) is 3. The highest BCUT2D eigenvalue weighted by molar-refractivity contribution is 5.77. The predicted octanol–water partition coefficient (Wildman–Crippen LogP) is 2.59. The Bertz CT molecular complexity index is 724. The van der Waals surface area contributed by atoms with Crippen molar-refractivity contribution in [3.63, 3.8) is 0 Å². The SMILES string of the molecule is O=CC1=CC=C2CC=CC3=C4OCC=CC4=CC3=C2N1. The summed E-state index contributed by atoms with van der Waals surface area (Å²) in [6, 6.07) is 0. The number of allylic oxidation sites excluding steroid dienone is 10. The summed E-state index contributed by atoms with van der Waals surface area (Å²) < 4.78 is 5.77. The number of carbonyl (C=O) groups is 1. The van der Waals surface area contributed by atoms with E-state index in [0.29, 0.717) is 12.3 Å². The zero-order chi connectivity index (χ0) is 13.5. The predicted molar refractivity (Wildman–Crippen MR) is 76.3 cm³/mol. The van der Waals surface area contributed by atoms with Gasteiger partial charge >= 0.3 is 0 Å². The maximum Gasteiger partial charge on any atom is 0.166 e. The van der Waals surface area contributed by atoms with Crippen molar-refractivity contribution in [2.24, 2.45) is 0 Å². The Morgan fingerprint density at radius 2 is 2.10 bits per heavy atom. The largest absolute Gasteiger partial charge is 0.488 e. The Kier molecular flexibility index (Phi) is 2.39. The number of nitrogens with one attached hydrogen (secondary N) is 1. The molecule has 0 amide bonds. The number of aldehydes is 1. The summed E-state index contributed by atoms with van der Waals surface area (Å²) in [4.78, 5) is 11.0. The Morgan fingerprint density at radius 1 is 1.15 bits per heavy atom. The van der Waals surface area contributed by atoms with Gasteiger partial charge in [-0.3, -0.25) is 4.79 Å². The number of fused-ring (bicyclic) bond motifs is 3. The van der Waals surface area contributed by atoms with Gasteiger partial charge in [-0.15, -0.1) is 0 Å². The van der Waals surface area contributed by atoms with Crippen molar-refractivity contribution in [3.8, 4) is 0 Å². The van der Waals surface area contributed by atoms with Crippen LogP contribution in [0.3, 0.4) is 0 Å². The number of dihydropyridines is 1. The van der Waals surface area contributed by atoms with Crippen LogP contribution in [-0.4, -0.2) is 12.9 Å². The van der Waals surface area contributed by atoms with Gasteiger partial charge in [0.1, 0.15) is 12.4 Å². The highest BCUT2D eigenvalue weighted by atomic mass is 16.5. The van der Waals surface area contributed by atoms with Crippen LogP contribution in [0.1, 0.15) is 6.42 Å². The monoisotopic (exact) mass is 263 g/mol. The molecule has 1 N–H and O–H groups in total. The number of rotatable bonds is 1. The zero-order valence-electron chi connectivity index (χ0n) is 10.8. The average molecular weight is 263 g/mol. The second kappa shape index (κ2) is 4.23. The molecule has 0 fully saturated rings. The van der Waals surface area contributed by atoms with Gasteiger partial charge < -0.3 is 10.1 Å². The third-order valence-corrected chi connectivity index (χ3v) is 3.79. The molecule has 0 saturated carbocycles. The molecule has 0 atom stereocenters. The van der Waals surface area contributed by atoms with E-state index in [4.69, 9.17) is 4.74 Å². The lowest BCUT2D eigenvalue weighted by Gasteiger charge is -2.18. The summed E-state index contributed by atoms with van der Waals surface area (Å²) in [7, 11) is 0. The molecule has 0 radical (unpaired) electrons. The normalized spacial score (nSPS) is 22.7. The van der Waals surface area contributed by atoms with Crippen LogP contribution in [-0.2, 0) is 9.53 Å². The molecule has 4 rings (SSSR count). The van der Waals surface area contributed by atoms with E-state index in [1.807, 2.05) is 18.2 Å². The van der Waals surface area contributed by atoms with Crippen LogP contribution in [0.2, 0.25) is 0 Å². The van der Waals surface area contributed by atoms with E-state index in [-0.39, 0.29) is 0 Å². The second-order valence-corrected chi connectivity index (χ2v) is 5.01. The van der Waals surface area contributed by atoms with E-state index < -0.39 is 0 Å². The fourth-order valence-electron chi connectivity index (χ4n) is 2.86. The molecule has 2 heterocycles. The molecule has 0 spiro atoms. The van der Waals surface area contributed by atoms with E-state index in [1.165, 1.54) is 5.57 Å². The summed E-state index contributed by atoms with van der Waals surface area (Å²) in [5, 5.41) is 3.23. The summed E-state index contributed by atoms with van der Waals surface area (Å²) >= 11 is 0. The lowest BCUT2D eigenvalue weighted by Crippen LogP contribution is -2.19. The molecule has 3 nitrogen and oxygen atoms in total. The van der Waals surface area contributed by atoms with Crippen molar-refractivity contribution >= 4 is 6.29 Å². The van der Waals surface area contributed by atoms with Crippen LogP contribution < -0.4 is 5.32 Å². The molecule has 2 aliphatic carbocycles. The molecule has 98 valence electrons. The van der Waals surface area contributed by atoms with Crippen LogP contribution in [0.5, 0.6) is 0 Å². The topological polar surface area (TPSA) is 38.3 Å². The van der Waals surface area contributed by atoms with Gasteiger partial charge in [0.15, 0.2) is 6.29 Å². The van der Waals surface area contributed by atoms with Crippen molar-refractivity contribution in [1.29, 1.82) is 0 Å². The van der Waals surface area contributed by atoms with Gasteiger partial charge in [0.25, 0.3) is 0 Å². The van der Waals surface area contributed by atoms with E-state index in [9.17, 15) is 4.79 Å². The first kappa shape index (κ1) is 11.3. The molecule has 0 saturated heterocycles. The molecular weight excluding hydrogens is 250 g/mol. The van der Waals surface area contributed by atoms with E-state index in [0.717, 1.165) is 40.9 Å². The van der Waals surface area contributed by atoms with Crippen molar-refractivity contribution < 1.29 is 9.53 Å². The van der Waals surface area contributed by atoms with Gasteiger partial charge in [-0.1, -0.05) is 24.3 Å². The molecule has 2 aliphatic heterocycles. The first-order valence-corrected chi connectivity index (χ1v) is 6.67. The van der Waals surface area contributed by atoms with Crippen molar-refractivity contribution in [1.82, 2.24) is 5.32 Å². The minimum atomic E-state index is 0.590. The molecule has 0 aromatic heterocycles. The molecule has 4 aliphatic rings. The Hall–Kier alpha value is -2.55. The van der Waals surface area contributed by atoms with Crippen LogP contribution in [0.15, 0.2) is 82.0 Å². The van der Waals surface area contributed by atoms with Crippen LogP contribution in [0.4, 0.5) is 0 Å². The number of ether oxygens (including phenoxy) is 1. The van der Waals surface area contributed by atoms with E-state index in [1.54, 1.807) is 0 Å². The quantitative estimate of drug-likeness (QED) is 0.739. The van der Waals surface area contributed by atoms with Crippen molar-refractivity contribution in [3.05, 3.63) is 82.0 Å². The first-order valence-electron chi connectivity index (χ1n) is 6.67. The average Bonchev–Trinajstić information content (AvgIpc) is 2.77. The minimum Gasteiger partial charge on any atom is -0.488 e. The van der Waals surface area contributed by atoms with Crippen molar-refractivity contribution in [2.75, 3.05) is 6.61 Å². The van der Waals surface area contributed by atoms with E-state index in [2.05, 4.69) is 29.6 Å². The third-order valence-electron chi connectivity index (χ3n) is 3.79. The van der Waals surface area contributed by atoms with Gasteiger partial charge in [-0.25, -0.2) is 0 Å². The summed E-state index contributed by atoms with van der Waals surface area (Å²) in [5.74, 6) is 0.941. The van der Waals surface area contributed by atoms with Crippen LogP contribution >= 0.6 is 0 Å². The molecule has 3 heteroatoms. The van der Waals surface area contributed by atoms with Gasteiger partial charge in [-0.05, 0) is 30.2 Å². The highest BCUT2D eigenvalue weighted by Gasteiger charge is 2.27. The maximum atomic E-state index is 11.0. The summed E-state index contributed by atoms with van der Waals surface area (Å²) in [6.07, 6.45) is 16.0. The van der Waals surface area contributed by atoms with Gasteiger partial charge in [0.2, 0.25) is 0 Å². The van der Waals surface area contributed by atoms with Gasteiger partial charge in [-0.2, -0.15) is 0 Å². The van der Waals surface area contributed by atoms with E-state index >= 15 is 0 Å². The second-order valence-electron chi connectivity index (χ2n) is 5.01. The smallest absolute Gasteiger partial charge is 0.166 e. The molecular formula is C17H13NO2. The van der Waals surface area contributed by atoms with Crippen molar-refractivity contribution in [2.45, 2.75) is 6.42 Å². The lowest BCUT2D eigenvalue weighted by atomic mass is 10.0. The Morgan fingerprint density at radius 3 is 3.00 bits per heavy atom. The van der Waals surface area contributed by atoms with Crippen LogP contribution in [0, 0.1) is 0 Å². The highest BCUT2D eigenvalue weighted by Crippen LogP contribution is 2.40. The third kappa shape index (κ3) is 1.56. The fourth-order valence-corrected chi connectivity index (χ4v) is 2.86. The number of hydrogen-bond donors (Lipinski definition) is 1. The maximum absolute atomic E-state index is 11.0. The summed E-state index contributed by atoms with van der Waals surface area (Å²) in [5.41, 5.74) is 6.10. The molecule has 0 unspecified atom stereocenters.